The minimum atomic E-state index is 0.132. The van der Waals surface area contributed by atoms with Gasteiger partial charge in [0.15, 0.2) is 0 Å². The monoisotopic (exact) mass is 305 g/mol. The first kappa shape index (κ1) is 19.0. The highest BCUT2D eigenvalue weighted by Crippen LogP contribution is 2.39. The predicted octanol–water partition coefficient (Wildman–Crippen LogP) is 5.27. The Balaban J connectivity index is 2.96. The fourth-order valence-corrected chi connectivity index (χ4v) is 2.70. The highest BCUT2D eigenvalue weighted by molar-refractivity contribution is 5.21. The van der Waals surface area contributed by atoms with Crippen LogP contribution in [0.5, 0.6) is 5.75 Å². The maximum Gasteiger partial charge on any atom is 0.119 e. The number of benzene rings is 1. The van der Waals surface area contributed by atoms with Crippen LogP contribution in [-0.2, 0) is 0 Å². The molecule has 2 atom stereocenters. The van der Waals surface area contributed by atoms with Gasteiger partial charge in [-0.15, -0.1) is 0 Å². The summed E-state index contributed by atoms with van der Waals surface area (Å²) in [5, 5.41) is 0. The second kappa shape index (κ2) is 8.01. The molecule has 0 aliphatic rings. The van der Waals surface area contributed by atoms with Crippen molar-refractivity contribution < 1.29 is 4.74 Å². The molecule has 1 aromatic carbocycles. The highest BCUT2D eigenvalue weighted by Gasteiger charge is 2.36. The van der Waals surface area contributed by atoms with Crippen molar-refractivity contribution in [3.8, 4) is 5.75 Å². The van der Waals surface area contributed by atoms with E-state index in [2.05, 4.69) is 41.5 Å². The van der Waals surface area contributed by atoms with Crippen molar-refractivity contribution in [2.75, 3.05) is 6.54 Å². The Morgan fingerprint density at radius 1 is 0.955 bits per heavy atom. The summed E-state index contributed by atoms with van der Waals surface area (Å²) in [7, 11) is 0. The molecule has 1 aromatic rings. The Labute approximate surface area is 137 Å². The lowest BCUT2D eigenvalue weighted by Crippen LogP contribution is -2.41. The van der Waals surface area contributed by atoms with Gasteiger partial charge in [-0.3, -0.25) is 0 Å². The topological polar surface area (TPSA) is 35.2 Å². The first-order chi connectivity index (χ1) is 10.3. The zero-order valence-corrected chi connectivity index (χ0v) is 15.4. The quantitative estimate of drug-likeness (QED) is 0.674. The van der Waals surface area contributed by atoms with E-state index < -0.39 is 0 Å². The molecule has 2 nitrogen and oxygen atoms in total. The molecule has 2 heteroatoms. The third kappa shape index (κ3) is 5.01. The summed E-state index contributed by atoms with van der Waals surface area (Å²) < 4.78 is 6.39. The Bertz CT molecular complexity index is 425. The number of nitrogens with two attached hydrogens (primary N) is 1. The third-order valence-corrected chi connectivity index (χ3v) is 5.60. The van der Waals surface area contributed by atoms with Crippen LogP contribution in [0.2, 0.25) is 0 Å². The Morgan fingerprint density at radius 3 is 1.95 bits per heavy atom. The lowest BCUT2D eigenvalue weighted by molar-refractivity contribution is 0.0276. The molecule has 2 unspecified atom stereocenters. The van der Waals surface area contributed by atoms with E-state index in [0.717, 1.165) is 31.6 Å². The van der Waals surface area contributed by atoms with E-state index in [4.69, 9.17) is 10.5 Å². The van der Waals surface area contributed by atoms with Crippen LogP contribution in [0, 0.1) is 16.7 Å². The van der Waals surface area contributed by atoms with Gasteiger partial charge in [0.05, 0.1) is 0 Å². The lowest BCUT2D eigenvalue weighted by Gasteiger charge is -2.40. The van der Waals surface area contributed by atoms with Crippen LogP contribution >= 0.6 is 0 Å². The standard InChI is InChI=1S/C20H35NO/c1-7-19(3,4)16(15-21)14-18(20(5,6)8-2)22-17-12-10-9-11-13-17/h9-13,16,18H,7-8,14-15,21H2,1-6H3. The minimum absolute atomic E-state index is 0.132. The van der Waals surface area contributed by atoms with Gasteiger partial charge in [-0.05, 0) is 42.9 Å². The van der Waals surface area contributed by atoms with Crippen LogP contribution in [0.1, 0.15) is 60.8 Å². The zero-order valence-electron chi connectivity index (χ0n) is 15.4. The van der Waals surface area contributed by atoms with E-state index in [1.54, 1.807) is 0 Å². The van der Waals surface area contributed by atoms with Gasteiger partial charge in [0.25, 0.3) is 0 Å². The molecule has 0 saturated carbocycles. The fourth-order valence-electron chi connectivity index (χ4n) is 2.70. The first-order valence-electron chi connectivity index (χ1n) is 8.68. The summed E-state index contributed by atoms with van der Waals surface area (Å²) in [4.78, 5) is 0. The van der Waals surface area contributed by atoms with Gasteiger partial charge in [0.1, 0.15) is 11.9 Å². The minimum Gasteiger partial charge on any atom is -0.490 e. The van der Waals surface area contributed by atoms with E-state index in [9.17, 15) is 0 Å². The zero-order chi connectivity index (χ0) is 16.8. The molecule has 22 heavy (non-hydrogen) atoms. The molecule has 0 aliphatic heterocycles. The molecule has 126 valence electrons. The first-order valence-corrected chi connectivity index (χ1v) is 8.68. The Hall–Kier alpha value is -1.02. The Morgan fingerprint density at radius 2 is 1.50 bits per heavy atom. The summed E-state index contributed by atoms with van der Waals surface area (Å²) in [5.74, 6) is 1.43. The van der Waals surface area contributed by atoms with Gasteiger partial charge in [-0.2, -0.15) is 0 Å². The summed E-state index contributed by atoms with van der Waals surface area (Å²) in [5.41, 5.74) is 6.48. The number of para-hydroxylation sites is 1. The second-order valence-electron chi connectivity index (χ2n) is 7.77. The molecule has 1 rings (SSSR count). The van der Waals surface area contributed by atoms with Crippen molar-refractivity contribution in [2.24, 2.45) is 22.5 Å². The lowest BCUT2D eigenvalue weighted by atomic mass is 9.70. The molecule has 0 heterocycles. The molecule has 0 aromatic heterocycles. The van der Waals surface area contributed by atoms with Crippen molar-refractivity contribution >= 4 is 0 Å². The largest absolute Gasteiger partial charge is 0.490 e. The molecule has 2 N–H and O–H groups in total. The van der Waals surface area contributed by atoms with Gasteiger partial charge in [-0.25, -0.2) is 0 Å². The predicted molar refractivity (Wildman–Crippen MR) is 96.2 cm³/mol. The van der Waals surface area contributed by atoms with E-state index in [0.29, 0.717) is 5.92 Å². The van der Waals surface area contributed by atoms with Crippen LogP contribution in [-0.4, -0.2) is 12.6 Å². The molecule has 0 fully saturated rings. The van der Waals surface area contributed by atoms with Crippen molar-refractivity contribution in [1.29, 1.82) is 0 Å². The van der Waals surface area contributed by atoms with Gasteiger partial charge in [-0.1, -0.05) is 66.2 Å². The van der Waals surface area contributed by atoms with Crippen LogP contribution < -0.4 is 10.5 Å². The average Bonchev–Trinajstić information content (AvgIpc) is 2.51. The average molecular weight is 306 g/mol. The van der Waals surface area contributed by atoms with E-state index >= 15 is 0 Å². The second-order valence-corrected chi connectivity index (χ2v) is 7.77. The van der Waals surface area contributed by atoms with Crippen LogP contribution in [0.4, 0.5) is 0 Å². The summed E-state index contributed by atoms with van der Waals surface area (Å²) >= 11 is 0. The molecular weight excluding hydrogens is 270 g/mol. The molecular formula is C20H35NO. The Kier molecular flexibility index (Phi) is 6.93. The molecule has 0 saturated heterocycles. The molecule has 0 spiro atoms. The number of hydrogen-bond donors (Lipinski definition) is 1. The normalized spacial score (nSPS) is 15.4. The van der Waals surface area contributed by atoms with Crippen molar-refractivity contribution in [1.82, 2.24) is 0 Å². The van der Waals surface area contributed by atoms with Gasteiger partial charge >= 0.3 is 0 Å². The van der Waals surface area contributed by atoms with Crippen molar-refractivity contribution in [2.45, 2.75) is 66.9 Å². The van der Waals surface area contributed by atoms with Gasteiger partial charge in [0, 0.05) is 5.41 Å². The smallest absolute Gasteiger partial charge is 0.119 e. The SMILES string of the molecule is CCC(C)(C)C(CN)CC(Oc1ccccc1)C(C)(C)CC. The summed E-state index contributed by atoms with van der Waals surface area (Å²) in [6, 6.07) is 10.2. The highest BCUT2D eigenvalue weighted by atomic mass is 16.5. The molecule has 0 bridgehead atoms. The summed E-state index contributed by atoms with van der Waals surface area (Å²) in [6.45, 7) is 14.5. The summed E-state index contributed by atoms with van der Waals surface area (Å²) in [6.07, 6.45) is 3.42. The molecule has 0 amide bonds. The van der Waals surface area contributed by atoms with E-state index in [1.165, 1.54) is 0 Å². The van der Waals surface area contributed by atoms with Crippen molar-refractivity contribution in [3.63, 3.8) is 0 Å². The molecule has 0 radical (unpaired) electrons. The van der Waals surface area contributed by atoms with E-state index in [1.807, 2.05) is 30.3 Å². The maximum atomic E-state index is 6.39. The number of ether oxygens (including phenoxy) is 1. The number of hydrogen-bond acceptors (Lipinski definition) is 2. The number of rotatable bonds is 9. The van der Waals surface area contributed by atoms with Gasteiger partial charge in [0.2, 0.25) is 0 Å². The van der Waals surface area contributed by atoms with Crippen LogP contribution in [0.3, 0.4) is 0 Å². The van der Waals surface area contributed by atoms with Crippen LogP contribution in [0.15, 0.2) is 30.3 Å². The maximum absolute atomic E-state index is 6.39. The fraction of sp³-hybridized carbons (Fsp3) is 0.700. The van der Waals surface area contributed by atoms with Crippen molar-refractivity contribution in [3.05, 3.63) is 30.3 Å². The molecule has 0 aliphatic carbocycles. The third-order valence-electron chi connectivity index (χ3n) is 5.60. The van der Waals surface area contributed by atoms with Gasteiger partial charge < -0.3 is 10.5 Å². The van der Waals surface area contributed by atoms with Crippen LogP contribution in [0.25, 0.3) is 0 Å². The van der Waals surface area contributed by atoms with E-state index in [-0.39, 0.29) is 16.9 Å².